The van der Waals surface area contributed by atoms with E-state index in [9.17, 15) is 14.4 Å². The smallest absolute Gasteiger partial charge is 0.306 e. The number of rotatable bonds is 34. The van der Waals surface area contributed by atoms with Crippen LogP contribution < -0.4 is 0 Å². The lowest BCUT2D eigenvalue weighted by Gasteiger charge is -2.18. The van der Waals surface area contributed by atoms with Gasteiger partial charge in [0, 0.05) is 19.3 Å². The van der Waals surface area contributed by atoms with Crippen molar-refractivity contribution in [2.24, 2.45) is 0 Å². The van der Waals surface area contributed by atoms with Gasteiger partial charge in [0.2, 0.25) is 0 Å². The van der Waals surface area contributed by atoms with Crippen LogP contribution in [0.5, 0.6) is 0 Å². The third-order valence-electron chi connectivity index (χ3n) is 7.96. The van der Waals surface area contributed by atoms with E-state index in [1.165, 1.54) is 38.5 Å². The molecule has 6 nitrogen and oxygen atoms in total. The molecule has 0 aliphatic carbocycles. The highest BCUT2D eigenvalue weighted by atomic mass is 16.6. The molecule has 0 bridgehead atoms. The van der Waals surface area contributed by atoms with Crippen LogP contribution in [0.4, 0.5) is 0 Å². The Balaban J connectivity index is 4.59. The topological polar surface area (TPSA) is 78.9 Å². The molecule has 0 spiro atoms. The number of hydrogen-bond donors (Lipinski definition) is 0. The first-order valence-electron chi connectivity index (χ1n) is 20.3. The Hall–Kier alpha value is -3.67. The number of carbonyl (C=O) groups excluding carboxylic acids is 3. The zero-order valence-corrected chi connectivity index (χ0v) is 33.0. The van der Waals surface area contributed by atoms with Crippen molar-refractivity contribution in [1.29, 1.82) is 0 Å². The highest BCUT2D eigenvalue weighted by Gasteiger charge is 2.19. The highest BCUT2D eigenvalue weighted by Crippen LogP contribution is 2.12. The van der Waals surface area contributed by atoms with E-state index >= 15 is 0 Å². The van der Waals surface area contributed by atoms with E-state index in [1.807, 2.05) is 54.7 Å². The Bertz CT molecular complexity index is 1100. The number of ether oxygens (including phenoxy) is 3. The van der Waals surface area contributed by atoms with Gasteiger partial charge in [-0.15, -0.1) is 0 Å². The van der Waals surface area contributed by atoms with E-state index in [0.717, 1.165) is 64.2 Å². The quantitative estimate of drug-likeness (QED) is 0.0216. The molecule has 6 heteroatoms. The average molecular weight is 721 g/mol. The fraction of sp³-hybridized carbons (Fsp3) is 0.587. The van der Waals surface area contributed by atoms with Gasteiger partial charge in [-0.1, -0.05) is 169 Å². The van der Waals surface area contributed by atoms with Crippen molar-refractivity contribution >= 4 is 17.9 Å². The van der Waals surface area contributed by atoms with Crippen molar-refractivity contribution in [2.45, 2.75) is 162 Å². The molecule has 1 atom stereocenters. The molecule has 292 valence electrons. The molecular weight excluding hydrogens is 648 g/mol. The van der Waals surface area contributed by atoms with Crippen molar-refractivity contribution in [2.75, 3.05) is 13.2 Å². The minimum atomic E-state index is -0.821. The standard InChI is InChI=1S/C46H72O6/c1-4-7-10-13-16-19-21-23-25-27-30-33-36-39-45(48)51-42-43(41-50-44(47)38-35-32-29-26-18-15-12-9-6-3)52-46(49)40-37-34-31-28-24-22-20-17-14-11-8-5-2/h7-8,10-11,13,16-17,19-21,23-25,27-28,30,43H,4-6,9,12,14-15,18,22,26,29,31-42H2,1-3H3/b10-7-,11-8-,16-13-,20-17-,21-19-,25-23-,28-24-,30-27-. The molecule has 0 aliphatic heterocycles. The second kappa shape index (κ2) is 40.1. The predicted octanol–water partition coefficient (Wildman–Crippen LogP) is 12.7. The maximum atomic E-state index is 12.6. The lowest BCUT2D eigenvalue weighted by Crippen LogP contribution is -2.30. The van der Waals surface area contributed by atoms with Crippen LogP contribution in [0.1, 0.15) is 156 Å². The highest BCUT2D eigenvalue weighted by molar-refractivity contribution is 5.71. The fourth-order valence-corrected chi connectivity index (χ4v) is 4.95. The van der Waals surface area contributed by atoms with E-state index < -0.39 is 6.10 Å². The molecule has 0 rings (SSSR count). The van der Waals surface area contributed by atoms with Crippen molar-refractivity contribution in [3.63, 3.8) is 0 Å². The molecule has 52 heavy (non-hydrogen) atoms. The molecular formula is C46H72O6. The Morgan fingerprint density at radius 1 is 0.423 bits per heavy atom. The molecule has 0 saturated carbocycles. The molecule has 0 N–H and O–H groups in total. The van der Waals surface area contributed by atoms with Crippen LogP contribution in [-0.2, 0) is 28.6 Å². The SMILES string of the molecule is CC\C=C/C=C\C=C/C=C\C=C/CCCC(=O)OCC(COC(=O)CCCCCCCCCCC)OC(=O)CCCC/C=C\C/C=C\C/C=C\CC. The van der Waals surface area contributed by atoms with Gasteiger partial charge in [-0.3, -0.25) is 14.4 Å². The monoisotopic (exact) mass is 721 g/mol. The van der Waals surface area contributed by atoms with Crippen LogP contribution in [-0.4, -0.2) is 37.2 Å². The van der Waals surface area contributed by atoms with Crippen molar-refractivity contribution in [3.05, 3.63) is 97.2 Å². The Morgan fingerprint density at radius 2 is 0.865 bits per heavy atom. The van der Waals surface area contributed by atoms with Crippen LogP contribution in [0.3, 0.4) is 0 Å². The molecule has 0 amide bonds. The summed E-state index contributed by atoms with van der Waals surface area (Å²) in [6, 6.07) is 0. The van der Waals surface area contributed by atoms with Gasteiger partial charge in [-0.2, -0.15) is 0 Å². The van der Waals surface area contributed by atoms with Crippen molar-refractivity contribution in [3.8, 4) is 0 Å². The summed E-state index contributed by atoms with van der Waals surface area (Å²) in [5, 5.41) is 0. The number of hydrogen-bond acceptors (Lipinski definition) is 6. The van der Waals surface area contributed by atoms with Crippen LogP contribution in [0, 0.1) is 0 Å². The van der Waals surface area contributed by atoms with E-state index in [-0.39, 0.29) is 44.0 Å². The lowest BCUT2D eigenvalue weighted by molar-refractivity contribution is -0.167. The molecule has 0 aliphatic rings. The molecule has 0 heterocycles. The van der Waals surface area contributed by atoms with Crippen molar-refractivity contribution < 1.29 is 28.6 Å². The molecule has 0 radical (unpaired) electrons. The minimum Gasteiger partial charge on any atom is -0.462 e. The first kappa shape index (κ1) is 48.3. The summed E-state index contributed by atoms with van der Waals surface area (Å²) >= 11 is 0. The van der Waals surface area contributed by atoms with E-state index in [1.54, 1.807) is 0 Å². The first-order valence-corrected chi connectivity index (χ1v) is 20.3. The fourth-order valence-electron chi connectivity index (χ4n) is 4.95. The second-order valence-electron chi connectivity index (χ2n) is 12.9. The van der Waals surface area contributed by atoms with Crippen LogP contribution in [0.25, 0.3) is 0 Å². The first-order chi connectivity index (χ1) is 25.5. The largest absolute Gasteiger partial charge is 0.462 e. The third kappa shape index (κ3) is 37.6. The van der Waals surface area contributed by atoms with Crippen molar-refractivity contribution in [1.82, 2.24) is 0 Å². The molecule has 0 fully saturated rings. The summed E-state index contributed by atoms with van der Waals surface area (Å²) in [7, 11) is 0. The average Bonchev–Trinajstić information content (AvgIpc) is 3.14. The zero-order valence-electron chi connectivity index (χ0n) is 33.0. The molecule has 0 aromatic carbocycles. The number of esters is 3. The summed E-state index contributed by atoms with van der Waals surface area (Å²) in [6.07, 6.45) is 51.2. The molecule has 0 aromatic heterocycles. The lowest BCUT2D eigenvalue weighted by atomic mass is 10.1. The zero-order chi connectivity index (χ0) is 38.0. The Morgan fingerprint density at radius 3 is 1.46 bits per heavy atom. The number of allylic oxidation sites excluding steroid dienone is 16. The maximum absolute atomic E-state index is 12.6. The van der Waals surface area contributed by atoms with E-state index in [0.29, 0.717) is 19.3 Å². The van der Waals surface area contributed by atoms with Crippen LogP contribution in [0.15, 0.2) is 97.2 Å². The number of carbonyl (C=O) groups is 3. The molecule has 0 aromatic rings. The third-order valence-corrected chi connectivity index (χ3v) is 7.96. The van der Waals surface area contributed by atoms with Gasteiger partial charge in [-0.25, -0.2) is 0 Å². The van der Waals surface area contributed by atoms with Crippen LogP contribution >= 0.6 is 0 Å². The van der Waals surface area contributed by atoms with Gasteiger partial charge in [-0.05, 0) is 64.2 Å². The van der Waals surface area contributed by atoms with E-state index in [2.05, 4.69) is 63.3 Å². The molecule has 1 unspecified atom stereocenters. The van der Waals surface area contributed by atoms with Gasteiger partial charge in [0.25, 0.3) is 0 Å². The minimum absolute atomic E-state index is 0.117. The normalized spacial score (nSPS) is 13.1. The van der Waals surface area contributed by atoms with E-state index in [4.69, 9.17) is 14.2 Å². The van der Waals surface area contributed by atoms with Gasteiger partial charge in [0.05, 0.1) is 0 Å². The summed E-state index contributed by atoms with van der Waals surface area (Å²) < 4.78 is 16.5. The van der Waals surface area contributed by atoms with Gasteiger partial charge < -0.3 is 14.2 Å². The van der Waals surface area contributed by atoms with Gasteiger partial charge >= 0.3 is 17.9 Å². The second-order valence-corrected chi connectivity index (χ2v) is 12.9. The summed E-state index contributed by atoms with van der Waals surface area (Å²) in [6.45, 7) is 6.21. The van der Waals surface area contributed by atoms with Gasteiger partial charge in [0.15, 0.2) is 6.10 Å². The predicted molar refractivity (Wildman–Crippen MR) is 219 cm³/mol. The summed E-state index contributed by atoms with van der Waals surface area (Å²) in [5.41, 5.74) is 0. The van der Waals surface area contributed by atoms with Gasteiger partial charge in [0.1, 0.15) is 13.2 Å². The summed E-state index contributed by atoms with van der Waals surface area (Å²) in [5.74, 6) is -1.05. The number of unbranched alkanes of at least 4 members (excludes halogenated alkanes) is 11. The Kier molecular flexibility index (Phi) is 37.3. The maximum Gasteiger partial charge on any atom is 0.306 e. The van der Waals surface area contributed by atoms with Crippen LogP contribution in [0.2, 0.25) is 0 Å². The summed E-state index contributed by atoms with van der Waals surface area (Å²) in [4.78, 5) is 37.5. The molecule has 0 saturated heterocycles. The Labute approximate surface area is 317 Å².